The Bertz CT molecular complexity index is 1070. The summed E-state index contributed by atoms with van der Waals surface area (Å²) in [5, 5.41) is 11.3. The Balaban J connectivity index is 2.14. The number of halogens is 2. The number of hydrogen-bond acceptors (Lipinski definition) is 3. The van der Waals surface area contributed by atoms with Gasteiger partial charge in [0, 0.05) is 24.2 Å². The van der Waals surface area contributed by atoms with E-state index >= 15 is 0 Å². The molecular formula is C21H17F2N3O3. The summed E-state index contributed by atoms with van der Waals surface area (Å²) in [6, 6.07) is 13.0. The van der Waals surface area contributed by atoms with Gasteiger partial charge in [-0.25, -0.2) is 13.6 Å². The average Bonchev–Trinajstić information content (AvgIpc) is 2.68. The molecule has 0 saturated heterocycles. The van der Waals surface area contributed by atoms with E-state index in [9.17, 15) is 18.4 Å². The lowest BCUT2D eigenvalue weighted by Gasteiger charge is -2.20. The standard InChI is InChI=1S/C21H17F2N3O3/c22-14-4-1-3-12(9-14)17(11-26-21(28)29)19-15(5-2-8-25-19)13-6-7-18(23)16(10-13)20(24)27/h1-10,17,26H,11H2,(H2,24,27)(H,28,29). The number of carbonyl (C=O) groups is 2. The number of carboxylic acid groups (broad SMARTS) is 1. The van der Waals surface area contributed by atoms with E-state index in [2.05, 4.69) is 10.3 Å². The second-order valence-corrected chi connectivity index (χ2v) is 6.29. The number of benzene rings is 2. The molecule has 29 heavy (non-hydrogen) atoms. The fraction of sp³-hybridized carbons (Fsp3) is 0.0952. The SMILES string of the molecule is NC(=O)c1cc(-c2cccnc2C(CNC(=O)O)c2cccc(F)c2)ccc1F. The lowest BCUT2D eigenvalue weighted by molar-refractivity contribution is 0.0996. The maximum Gasteiger partial charge on any atom is 0.404 e. The van der Waals surface area contributed by atoms with Crippen LogP contribution in [0, 0.1) is 11.6 Å². The highest BCUT2D eigenvalue weighted by atomic mass is 19.1. The lowest BCUT2D eigenvalue weighted by Crippen LogP contribution is -2.28. The number of amides is 2. The Kier molecular flexibility index (Phi) is 5.82. The van der Waals surface area contributed by atoms with Gasteiger partial charge in [0.1, 0.15) is 11.6 Å². The van der Waals surface area contributed by atoms with Gasteiger partial charge in [-0.2, -0.15) is 0 Å². The third-order valence-corrected chi connectivity index (χ3v) is 4.42. The molecule has 0 bridgehead atoms. The molecule has 1 aromatic heterocycles. The number of nitrogens with two attached hydrogens (primary N) is 1. The van der Waals surface area contributed by atoms with Crippen molar-refractivity contribution in [2.24, 2.45) is 5.73 Å². The normalized spacial score (nSPS) is 11.7. The van der Waals surface area contributed by atoms with Crippen LogP contribution in [0.5, 0.6) is 0 Å². The molecule has 3 aromatic rings. The Hall–Kier alpha value is -3.81. The highest BCUT2D eigenvalue weighted by Gasteiger charge is 2.22. The first-order chi connectivity index (χ1) is 13.9. The third kappa shape index (κ3) is 4.55. The molecule has 6 nitrogen and oxygen atoms in total. The average molecular weight is 397 g/mol. The summed E-state index contributed by atoms with van der Waals surface area (Å²) in [5.74, 6) is -2.76. The van der Waals surface area contributed by atoms with Crippen molar-refractivity contribution in [2.75, 3.05) is 6.54 Å². The molecule has 2 aromatic carbocycles. The summed E-state index contributed by atoms with van der Waals surface area (Å²) in [6.07, 6.45) is 0.284. The number of nitrogens with one attached hydrogen (secondary N) is 1. The summed E-state index contributed by atoms with van der Waals surface area (Å²) in [4.78, 5) is 26.9. The maximum atomic E-state index is 13.9. The predicted molar refractivity (Wildman–Crippen MR) is 102 cm³/mol. The molecule has 0 fully saturated rings. The van der Waals surface area contributed by atoms with Crippen LogP contribution in [0.2, 0.25) is 0 Å². The van der Waals surface area contributed by atoms with E-state index in [1.165, 1.54) is 36.5 Å². The van der Waals surface area contributed by atoms with E-state index in [1.807, 2.05) is 0 Å². The van der Waals surface area contributed by atoms with E-state index in [4.69, 9.17) is 10.8 Å². The summed E-state index contributed by atoms with van der Waals surface area (Å²) < 4.78 is 27.7. The smallest absolute Gasteiger partial charge is 0.404 e. The minimum atomic E-state index is -1.23. The predicted octanol–water partition coefficient (Wildman–Crippen LogP) is 3.53. The van der Waals surface area contributed by atoms with E-state index < -0.39 is 29.6 Å². The van der Waals surface area contributed by atoms with Gasteiger partial charge in [-0.3, -0.25) is 9.78 Å². The van der Waals surface area contributed by atoms with Gasteiger partial charge in [-0.15, -0.1) is 0 Å². The molecule has 0 aliphatic rings. The minimum absolute atomic E-state index is 0.0628. The highest BCUT2D eigenvalue weighted by Crippen LogP contribution is 2.32. The molecule has 0 saturated carbocycles. The van der Waals surface area contributed by atoms with Crippen LogP contribution < -0.4 is 11.1 Å². The maximum absolute atomic E-state index is 13.9. The first-order valence-corrected chi connectivity index (χ1v) is 8.63. The molecule has 0 aliphatic heterocycles. The Morgan fingerprint density at radius 2 is 1.90 bits per heavy atom. The Morgan fingerprint density at radius 1 is 1.10 bits per heavy atom. The van der Waals surface area contributed by atoms with Crippen molar-refractivity contribution in [2.45, 2.75) is 5.92 Å². The number of carbonyl (C=O) groups excluding carboxylic acids is 1. The molecule has 3 rings (SSSR count). The fourth-order valence-corrected chi connectivity index (χ4v) is 3.11. The molecule has 4 N–H and O–H groups in total. The van der Waals surface area contributed by atoms with Gasteiger partial charge in [-0.1, -0.05) is 24.3 Å². The number of hydrogen-bond donors (Lipinski definition) is 3. The fourth-order valence-electron chi connectivity index (χ4n) is 3.11. The van der Waals surface area contributed by atoms with E-state index in [-0.39, 0.29) is 12.1 Å². The molecule has 0 spiro atoms. The summed E-state index contributed by atoms with van der Waals surface area (Å²) in [6.45, 7) is -0.0628. The second kappa shape index (κ2) is 8.47. The quantitative estimate of drug-likeness (QED) is 0.592. The first-order valence-electron chi connectivity index (χ1n) is 8.63. The van der Waals surface area contributed by atoms with Crippen molar-refractivity contribution in [1.82, 2.24) is 10.3 Å². The van der Waals surface area contributed by atoms with Crippen LogP contribution in [0.3, 0.4) is 0 Å². The number of pyridine rings is 1. The second-order valence-electron chi connectivity index (χ2n) is 6.29. The lowest BCUT2D eigenvalue weighted by atomic mass is 9.89. The van der Waals surface area contributed by atoms with Gasteiger partial charge < -0.3 is 16.2 Å². The topological polar surface area (TPSA) is 105 Å². The number of aromatic nitrogens is 1. The van der Waals surface area contributed by atoms with Crippen molar-refractivity contribution >= 4 is 12.0 Å². The molecule has 2 amide bonds. The van der Waals surface area contributed by atoms with Gasteiger partial charge >= 0.3 is 6.09 Å². The molecule has 148 valence electrons. The van der Waals surface area contributed by atoms with Crippen LogP contribution in [0.1, 0.15) is 27.5 Å². The van der Waals surface area contributed by atoms with Crippen LogP contribution in [-0.2, 0) is 0 Å². The van der Waals surface area contributed by atoms with Gasteiger partial charge in [0.15, 0.2) is 0 Å². The number of nitrogens with zero attached hydrogens (tertiary/aromatic N) is 1. The molecule has 8 heteroatoms. The van der Waals surface area contributed by atoms with Gasteiger partial charge in [-0.05, 0) is 41.5 Å². The molecule has 1 heterocycles. The van der Waals surface area contributed by atoms with Crippen LogP contribution in [0.15, 0.2) is 60.8 Å². The van der Waals surface area contributed by atoms with Crippen molar-refractivity contribution < 1.29 is 23.5 Å². The van der Waals surface area contributed by atoms with Gasteiger partial charge in [0.2, 0.25) is 0 Å². The zero-order valence-corrected chi connectivity index (χ0v) is 15.1. The minimum Gasteiger partial charge on any atom is -0.465 e. The summed E-state index contributed by atoms with van der Waals surface area (Å²) in [7, 11) is 0. The first kappa shape index (κ1) is 19.9. The van der Waals surface area contributed by atoms with E-state index in [0.29, 0.717) is 22.4 Å². The van der Waals surface area contributed by atoms with Crippen molar-refractivity contribution in [3.63, 3.8) is 0 Å². The van der Waals surface area contributed by atoms with E-state index in [0.717, 1.165) is 6.07 Å². The van der Waals surface area contributed by atoms with Crippen molar-refractivity contribution in [3.05, 3.63) is 89.2 Å². The highest BCUT2D eigenvalue weighted by molar-refractivity contribution is 5.94. The van der Waals surface area contributed by atoms with Crippen LogP contribution in [0.25, 0.3) is 11.1 Å². The Morgan fingerprint density at radius 3 is 2.59 bits per heavy atom. The number of primary amides is 1. The largest absolute Gasteiger partial charge is 0.465 e. The molecule has 1 unspecified atom stereocenters. The van der Waals surface area contributed by atoms with Crippen molar-refractivity contribution in [3.8, 4) is 11.1 Å². The zero-order chi connectivity index (χ0) is 21.0. The van der Waals surface area contributed by atoms with Crippen LogP contribution in [-0.4, -0.2) is 28.6 Å². The Labute approximate surface area is 165 Å². The molecule has 0 radical (unpaired) electrons. The van der Waals surface area contributed by atoms with Crippen LogP contribution >= 0.6 is 0 Å². The van der Waals surface area contributed by atoms with Crippen LogP contribution in [0.4, 0.5) is 13.6 Å². The monoisotopic (exact) mass is 397 g/mol. The van der Waals surface area contributed by atoms with Crippen molar-refractivity contribution in [1.29, 1.82) is 0 Å². The van der Waals surface area contributed by atoms with Gasteiger partial charge in [0.25, 0.3) is 5.91 Å². The third-order valence-electron chi connectivity index (χ3n) is 4.42. The zero-order valence-electron chi connectivity index (χ0n) is 15.1. The van der Waals surface area contributed by atoms with Gasteiger partial charge in [0.05, 0.1) is 11.3 Å². The number of rotatable bonds is 6. The van der Waals surface area contributed by atoms with E-state index in [1.54, 1.807) is 18.2 Å². The molecular weight excluding hydrogens is 380 g/mol. The summed E-state index contributed by atoms with van der Waals surface area (Å²) >= 11 is 0. The molecule has 0 aliphatic carbocycles. The molecule has 1 atom stereocenters. The summed E-state index contributed by atoms with van der Waals surface area (Å²) in [5.41, 5.74) is 6.92.